The number of hydrogen-bond acceptors (Lipinski definition) is 4. The van der Waals surface area contributed by atoms with Gasteiger partial charge in [-0.25, -0.2) is 0 Å². The zero-order valence-corrected chi connectivity index (χ0v) is 9.86. The van der Waals surface area contributed by atoms with Crippen molar-refractivity contribution in [2.45, 2.75) is 12.8 Å². The van der Waals surface area contributed by atoms with Gasteiger partial charge in [-0.2, -0.15) is 0 Å². The number of fused-ring (bicyclic) bond motifs is 1. The molecule has 0 heterocycles. The molecule has 1 unspecified atom stereocenters. The first-order valence-electron chi connectivity index (χ1n) is 5.43. The van der Waals surface area contributed by atoms with Gasteiger partial charge in [0, 0.05) is 12.0 Å². The number of ketones is 1. The summed E-state index contributed by atoms with van der Waals surface area (Å²) in [6.45, 7) is 0. The molecule has 1 aliphatic rings. The summed E-state index contributed by atoms with van der Waals surface area (Å²) in [4.78, 5) is 23.3. The maximum atomic E-state index is 11.9. The van der Waals surface area contributed by atoms with Crippen LogP contribution in [0.3, 0.4) is 0 Å². The molecular formula is C13H14O4. The number of methoxy groups -OCH3 is 2. The Balaban J connectivity index is 2.33. The zero-order valence-electron chi connectivity index (χ0n) is 9.86. The van der Waals surface area contributed by atoms with Gasteiger partial charge in [-0.15, -0.1) is 0 Å². The molecule has 1 aromatic rings. The Hall–Kier alpha value is -1.84. The molecular weight excluding hydrogens is 220 g/mol. The van der Waals surface area contributed by atoms with Crippen molar-refractivity contribution in [3.05, 3.63) is 29.3 Å². The summed E-state index contributed by atoms with van der Waals surface area (Å²) < 4.78 is 9.80. The second kappa shape index (κ2) is 4.57. The van der Waals surface area contributed by atoms with Crippen LogP contribution in [0, 0.1) is 5.92 Å². The van der Waals surface area contributed by atoms with E-state index in [1.807, 2.05) is 6.07 Å². The lowest BCUT2D eigenvalue weighted by atomic mass is 9.83. The van der Waals surface area contributed by atoms with Crippen LogP contribution < -0.4 is 4.74 Å². The van der Waals surface area contributed by atoms with Gasteiger partial charge in [0.1, 0.15) is 5.75 Å². The normalized spacial score (nSPS) is 18.5. The summed E-state index contributed by atoms with van der Waals surface area (Å²) in [6, 6.07) is 5.32. The molecule has 0 bridgehead atoms. The molecule has 4 heteroatoms. The lowest BCUT2D eigenvalue weighted by molar-refractivity contribution is -0.145. The van der Waals surface area contributed by atoms with Gasteiger partial charge >= 0.3 is 5.97 Å². The van der Waals surface area contributed by atoms with E-state index in [4.69, 9.17) is 4.74 Å². The van der Waals surface area contributed by atoms with E-state index in [1.165, 1.54) is 7.11 Å². The van der Waals surface area contributed by atoms with Crippen LogP contribution in [0.15, 0.2) is 18.2 Å². The number of ether oxygens (including phenoxy) is 2. The van der Waals surface area contributed by atoms with Gasteiger partial charge in [0.2, 0.25) is 0 Å². The van der Waals surface area contributed by atoms with E-state index in [0.29, 0.717) is 17.7 Å². The Kier molecular flexibility index (Phi) is 3.13. The average Bonchev–Trinajstić information content (AvgIpc) is 2.36. The summed E-state index contributed by atoms with van der Waals surface area (Å²) in [5.41, 5.74) is 1.54. The molecule has 0 spiro atoms. The van der Waals surface area contributed by atoms with E-state index >= 15 is 0 Å². The van der Waals surface area contributed by atoms with E-state index in [9.17, 15) is 9.59 Å². The van der Waals surface area contributed by atoms with E-state index in [0.717, 1.165) is 5.56 Å². The maximum absolute atomic E-state index is 11.9. The molecule has 17 heavy (non-hydrogen) atoms. The molecule has 0 saturated carbocycles. The van der Waals surface area contributed by atoms with Gasteiger partial charge in [0.05, 0.1) is 20.1 Å². The summed E-state index contributed by atoms with van der Waals surface area (Å²) in [5, 5.41) is 0. The van der Waals surface area contributed by atoms with Crippen LogP contribution in [0.1, 0.15) is 22.3 Å². The van der Waals surface area contributed by atoms with E-state index < -0.39 is 0 Å². The molecule has 0 aromatic heterocycles. The molecule has 0 fully saturated rings. The fraction of sp³-hybridized carbons (Fsp3) is 0.385. The first-order valence-corrected chi connectivity index (χ1v) is 5.43. The van der Waals surface area contributed by atoms with Gasteiger partial charge in [-0.1, -0.05) is 0 Å². The molecule has 0 saturated heterocycles. The van der Waals surface area contributed by atoms with E-state index in [2.05, 4.69) is 4.74 Å². The molecule has 0 radical (unpaired) electrons. The Morgan fingerprint density at radius 3 is 2.71 bits per heavy atom. The standard InChI is InChI=1S/C13H14O4/c1-16-10-3-4-11-8(6-10)5-9(7-12(11)14)13(15)17-2/h3-4,6,9H,5,7H2,1-2H3. The highest BCUT2D eigenvalue weighted by molar-refractivity contribution is 6.01. The molecule has 1 atom stereocenters. The Morgan fingerprint density at radius 1 is 1.29 bits per heavy atom. The van der Waals surface area contributed by atoms with Crippen molar-refractivity contribution in [3.8, 4) is 5.75 Å². The Labute approximate surface area is 99.5 Å². The van der Waals surface area contributed by atoms with Crippen molar-refractivity contribution in [2.75, 3.05) is 14.2 Å². The summed E-state index contributed by atoms with van der Waals surface area (Å²) >= 11 is 0. The van der Waals surface area contributed by atoms with Crippen LogP contribution in [0.4, 0.5) is 0 Å². The van der Waals surface area contributed by atoms with Crippen LogP contribution in [0.2, 0.25) is 0 Å². The largest absolute Gasteiger partial charge is 0.497 e. The third kappa shape index (κ3) is 2.16. The van der Waals surface area contributed by atoms with Crippen molar-refractivity contribution in [2.24, 2.45) is 5.92 Å². The predicted molar refractivity (Wildman–Crippen MR) is 61.2 cm³/mol. The summed E-state index contributed by atoms with van der Waals surface area (Å²) in [7, 11) is 2.91. The highest BCUT2D eigenvalue weighted by Gasteiger charge is 2.30. The van der Waals surface area contributed by atoms with E-state index in [-0.39, 0.29) is 24.1 Å². The number of carbonyl (C=O) groups is 2. The van der Waals surface area contributed by atoms with Crippen LogP contribution in [-0.2, 0) is 16.0 Å². The minimum atomic E-state index is -0.368. The molecule has 1 aliphatic carbocycles. The molecule has 1 aromatic carbocycles. The lowest BCUT2D eigenvalue weighted by Gasteiger charge is -2.22. The van der Waals surface area contributed by atoms with Gasteiger partial charge in [0.15, 0.2) is 5.78 Å². The van der Waals surface area contributed by atoms with Crippen molar-refractivity contribution in [3.63, 3.8) is 0 Å². The number of rotatable bonds is 2. The molecule has 0 amide bonds. The SMILES string of the molecule is COC(=O)C1CC(=O)c2ccc(OC)cc2C1. The van der Waals surface area contributed by atoms with Gasteiger partial charge < -0.3 is 9.47 Å². The highest BCUT2D eigenvalue weighted by Crippen LogP contribution is 2.29. The molecule has 90 valence electrons. The molecule has 2 rings (SSSR count). The molecule has 0 aliphatic heterocycles. The topological polar surface area (TPSA) is 52.6 Å². The van der Waals surface area contributed by atoms with Crippen LogP contribution in [0.25, 0.3) is 0 Å². The Morgan fingerprint density at radius 2 is 2.06 bits per heavy atom. The van der Waals surface area contributed by atoms with Crippen LogP contribution in [0.5, 0.6) is 5.75 Å². The summed E-state index contributed by atoms with van der Waals surface area (Å²) in [5.74, 6) is -0.00899. The number of Topliss-reactive ketones (excluding diaryl/α,β-unsaturated/α-hetero) is 1. The summed E-state index contributed by atoms with van der Waals surface area (Å²) in [6.07, 6.45) is 0.761. The van der Waals surface area contributed by atoms with Gasteiger partial charge in [-0.05, 0) is 30.2 Å². The Bertz CT molecular complexity index is 464. The minimum Gasteiger partial charge on any atom is -0.497 e. The van der Waals surface area contributed by atoms with Crippen LogP contribution >= 0.6 is 0 Å². The van der Waals surface area contributed by atoms with Crippen molar-refractivity contribution < 1.29 is 19.1 Å². The average molecular weight is 234 g/mol. The second-order valence-electron chi connectivity index (χ2n) is 4.07. The minimum absolute atomic E-state index is 0.00990. The predicted octanol–water partition coefficient (Wildman–Crippen LogP) is 1.61. The maximum Gasteiger partial charge on any atom is 0.309 e. The lowest BCUT2D eigenvalue weighted by Crippen LogP contribution is -2.27. The first-order chi connectivity index (χ1) is 8.15. The quantitative estimate of drug-likeness (QED) is 0.729. The van der Waals surface area contributed by atoms with Gasteiger partial charge in [-0.3, -0.25) is 9.59 Å². The highest BCUT2D eigenvalue weighted by atomic mass is 16.5. The number of esters is 1. The number of hydrogen-bond donors (Lipinski definition) is 0. The smallest absolute Gasteiger partial charge is 0.309 e. The fourth-order valence-corrected chi connectivity index (χ4v) is 2.14. The van der Waals surface area contributed by atoms with Crippen LogP contribution in [-0.4, -0.2) is 26.0 Å². The van der Waals surface area contributed by atoms with Crippen molar-refractivity contribution >= 4 is 11.8 Å². The monoisotopic (exact) mass is 234 g/mol. The molecule has 0 N–H and O–H groups in total. The van der Waals surface area contributed by atoms with E-state index in [1.54, 1.807) is 19.2 Å². The number of carbonyl (C=O) groups excluding carboxylic acids is 2. The third-order valence-electron chi connectivity index (χ3n) is 3.05. The van der Waals surface area contributed by atoms with Gasteiger partial charge in [0.25, 0.3) is 0 Å². The second-order valence-corrected chi connectivity index (χ2v) is 4.07. The van der Waals surface area contributed by atoms with Crippen molar-refractivity contribution in [1.29, 1.82) is 0 Å². The van der Waals surface area contributed by atoms with Crippen molar-refractivity contribution in [1.82, 2.24) is 0 Å². The first kappa shape index (κ1) is 11.6. The molecule has 4 nitrogen and oxygen atoms in total. The number of benzene rings is 1. The third-order valence-corrected chi connectivity index (χ3v) is 3.05. The fourth-order valence-electron chi connectivity index (χ4n) is 2.14. The zero-order chi connectivity index (χ0) is 12.4.